The van der Waals surface area contributed by atoms with E-state index in [4.69, 9.17) is 4.74 Å². The molecule has 0 aliphatic carbocycles. The van der Waals surface area contributed by atoms with Crippen LogP contribution in [0.3, 0.4) is 0 Å². The molecule has 9 nitrogen and oxygen atoms in total. The maximum atomic E-state index is 13.0. The highest BCUT2D eigenvalue weighted by molar-refractivity contribution is 5.96. The Morgan fingerprint density at radius 2 is 2.07 bits per heavy atom. The number of nitrogens with zero attached hydrogens (tertiary/aromatic N) is 5. The average molecular weight is 385 g/mol. The van der Waals surface area contributed by atoms with E-state index in [1.807, 2.05) is 19.0 Å². The summed E-state index contributed by atoms with van der Waals surface area (Å²) in [6.45, 7) is 2.58. The third kappa shape index (κ3) is 4.03. The molecule has 1 atom stereocenters. The number of likely N-dealkylation sites (tertiary alicyclic amines) is 1. The van der Waals surface area contributed by atoms with Crippen LogP contribution in [0.2, 0.25) is 0 Å². The van der Waals surface area contributed by atoms with Gasteiger partial charge < -0.3 is 14.5 Å². The summed E-state index contributed by atoms with van der Waals surface area (Å²) in [7, 11) is 3.72. The van der Waals surface area contributed by atoms with Crippen LogP contribution in [0.5, 0.6) is 5.88 Å². The van der Waals surface area contributed by atoms with Gasteiger partial charge in [-0.1, -0.05) is 6.07 Å². The number of aromatic nitrogens is 2. The summed E-state index contributed by atoms with van der Waals surface area (Å²) in [6.07, 6.45) is 4.53. The van der Waals surface area contributed by atoms with Gasteiger partial charge >= 0.3 is 0 Å². The number of nitro benzene ring substituents is 1. The first kappa shape index (κ1) is 19.5. The third-order valence-corrected chi connectivity index (χ3v) is 4.75. The predicted octanol–water partition coefficient (Wildman–Crippen LogP) is 2.44. The SMILES string of the molecule is Cc1c(C(=O)N2CCCC(Oc3nccnc3N(C)C)C2)cccc1[N+](=O)[O-]. The van der Waals surface area contributed by atoms with E-state index in [9.17, 15) is 14.9 Å². The number of rotatable bonds is 5. The van der Waals surface area contributed by atoms with Crippen molar-refractivity contribution < 1.29 is 14.5 Å². The minimum atomic E-state index is -0.467. The Morgan fingerprint density at radius 1 is 1.32 bits per heavy atom. The fourth-order valence-corrected chi connectivity index (χ4v) is 3.31. The summed E-state index contributed by atoms with van der Waals surface area (Å²) in [5, 5.41) is 11.2. The highest BCUT2D eigenvalue weighted by atomic mass is 16.6. The largest absolute Gasteiger partial charge is 0.470 e. The lowest BCUT2D eigenvalue weighted by Gasteiger charge is -2.33. The van der Waals surface area contributed by atoms with Crippen LogP contribution in [0.1, 0.15) is 28.8 Å². The number of hydrogen-bond acceptors (Lipinski definition) is 7. The molecule has 0 bridgehead atoms. The van der Waals surface area contributed by atoms with Crippen molar-refractivity contribution in [1.82, 2.24) is 14.9 Å². The quantitative estimate of drug-likeness (QED) is 0.575. The zero-order chi connectivity index (χ0) is 20.3. The molecule has 1 aromatic heterocycles. The number of amides is 1. The lowest BCUT2D eigenvalue weighted by atomic mass is 10.0. The molecule has 0 radical (unpaired) electrons. The van der Waals surface area contributed by atoms with E-state index < -0.39 is 4.92 Å². The molecule has 0 spiro atoms. The van der Waals surface area contributed by atoms with Gasteiger partial charge in [0.1, 0.15) is 6.10 Å². The lowest BCUT2D eigenvalue weighted by molar-refractivity contribution is -0.385. The van der Waals surface area contributed by atoms with E-state index in [-0.39, 0.29) is 17.7 Å². The first-order valence-electron chi connectivity index (χ1n) is 9.06. The lowest BCUT2D eigenvalue weighted by Crippen LogP contribution is -2.44. The molecule has 1 unspecified atom stereocenters. The van der Waals surface area contributed by atoms with Gasteiger partial charge in [-0.25, -0.2) is 9.97 Å². The fourth-order valence-electron chi connectivity index (χ4n) is 3.31. The number of piperidine rings is 1. The van der Waals surface area contributed by atoms with Crippen molar-refractivity contribution >= 4 is 17.4 Å². The molecule has 2 heterocycles. The van der Waals surface area contributed by atoms with Crippen LogP contribution in [0.4, 0.5) is 11.5 Å². The van der Waals surface area contributed by atoms with Crippen molar-refractivity contribution in [2.24, 2.45) is 0 Å². The minimum absolute atomic E-state index is 0.0501. The summed E-state index contributed by atoms with van der Waals surface area (Å²) in [5.41, 5.74) is 0.679. The standard InChI is InChI=1S/C19H23N5O4/c1-13-15(7-4-8-16(13)24(26)27)19(25)23-11-5-6-14(12-23)28-18-17(22(2)3)20-9-10-21-18/h4,7-10,14H,5-6,11-12H2,1-3H3. The van der Waals surface area contributed by atoms with Crippen molar-refractivity contribution in [3.63, 3.8) is 0 Å². The summed E-state index contributed by atoms with van der Waals surface area (Å²) in [6, 6.07) is 4.58. The molecule has 148 valence electrons. The van der Waals surface area contributed by atoms with Crippen LogP contribution in [0, 0.1) is 17.0 Å². The van der Waals surface area contributed by atoms with Crippen molar-refractivity contribution in [3.8, 4) is 5.88 Å². The molecule has 3 rings (SSSR count). The minimum Gasteiger partial charge on any atom is -0.470 e. The zero-order valence-electron chi connectivity index (χ0n) is 16.2. The van der Waals surface area contributed by atoms with Crippen LogP contribution in [-0.2, 0) is 0 Å². The number of anilines is 1. The summed E-state index contributed by atoms with van der Waals surface area (Å²) in [4.78, 5) is 35.7. The molecule has 9 heteroatoms. The molecular weight excluding hydrogens is 362 g/mol. The van der Waals surface area contributed by atoms with Crippen molar-refractivity contribution in [2.75, 3.05) is 32.1 Å². The normalized spacial score (nSPS) is 16.5. The van der Waals surface area contributed by atoms with E-state index in [0.717, 1.165) is 12.8 Å². The number of benzene rings is 1. The molecule has 1 aliphatic rings. The Labute approximate surface area is 163 Å². The average Bonchev–Trinajstić information content (AvgIpc) is 2.68. The van der Waals surface area contributed by atoms with Gasteiger partial charge in [-0.15, -0.1) is 0 Å². The van der Waals surface area contributed by atoms with E-state index in [0.29, 0.717) is 35.9 Å². The molecule has 1 amide bonds. The van der Waals surface area contributed by atoms with Crippen LogP contribution < -0.4 is 9.64 Å². The Kier molecular flexibility index (Phi) is 5.72. The van der Waals surface area contributed by atoms with Gasteiger partial charge in [0.25, 0.3) is 17.5 Å². The second kappa shape index (κ2) is 8.20. The number of nitro groups is 1. The second-order valence-corrected chi connectivity index (χ2v) is 6.92. The Balaban J connectivity index is 1.76. The number of carbonyl (C=O) groups is 1. The van der Waals surface area contributed by atoms with Gasteiger partial charge in [0.15, 0.2) is 5.82 Å². The Bertz CT molecular complexity index is 886. The van der Waals surface area contributed by atoms with E-state index >= 15 is 0 Å². The second-order valence-electron chi connectivity index (χ2n) is 6.92. The topological polar surface area (TPSA) is 102 Å². The van der Waals surface area contributed by atoms with Gasteiger partial charge in [-0.05, 0) is 25.8 Å². The molecular formula is C19H23N5O4. The Morgan fingerprint density at radius 3 is 2.79 bits per heavy atom. The van der Waals surface area contributed by atoms with Gasteiger partial charge in [-0.3, -0.25) is 14.9 Å². The molecule has 0 N–H and O–H groups in total. The highest BCUT2D eigenvalue weighted by Gasteiger charge is 2.29. The monoisotopic (exact) mass is 385 g/mol. The molecule has 1 saturated heterocycles. The molecule has 2 aromatic rings. The Hall–Kier alpha value is -3.23. The zero-order valence-corrected chi connectivity index (χ0v) is 16.2. The number of carbonyl (C=O) groups excluding carboxylic acids is 1. The van der Waals surface area contributed by atoms with Crippen LogP contribution in [-0.4, -0.2) is 59.0 Å². The van der Waals surface area contributed by atoms with Gasteiger partial charge in [-0.2, -0.15) is 0 Å². The van der Waals surface area contributed by atoms with Gasteiger partial charge in [0.05, 0.1) is 11.5 Å². The van der Waals surface area contributed by atoms with Crippen LogP contribution in [0.15, 0.2) is 30.6 Å². The van der Waals surface area contributed by atoms with E-state index in [2.05, 4.69) is 9.97 Å². The maximum Gasteiger partial charge on any atom is 0.273 e. The first-order valence-corrected chi connectivity index (χ1v) is 9.06. The summed E-state index contributed by atoms with van der Waals surface area (Å²) in [5.74, 6) is 0.834. The van der Waals surface area contributed by atoms with Crippen LogP contribution in [0.25, 0.3) is 0 Å². The molecule has 1 aliphatic heterocycles. The third-order valence-electron chi connectivity index (χ3n) is 4.75. The van der Waals surface area contributed by atoms with Crippen molar-refractivity contribution in [1.29, 1.82) is 0 Å². The summed E-state index contributed by atoms with van der Waals surface area (Å²) < 4.78 is 6.04. The van der Waals surface area contributed by atoms with Crippen molar-refractivity contribution in [3.05, 3.63) is 51.8 Å². The van der Waals surface area contributed by atoms with Gasteiger partial charge in [0, 0.05) is 50.2 Å². The van der Waals surface area contributed by atoms with Gasteiger partial charge in [0.2, 0.25) is 0 Å². The summed E-state index contributed by atoms with van der Waals surface area (Å²) >= 11 is 0. The molecule has 1 aromatic carbocycles. The highest BCUT2D eigenvalue weighted by Crippen LogP contribution is 2.26. The molecule has 28 heavy (non-hydrogen) atoms. The van der Waals surface area contributed by atoms with Crippen molar-refractivity contribution in [2.45, 2.75) is 25.9 Å². The van der Waals surface area contributed by atoms with E-state index in [1.165, 1.54) is 6.07 Å². The first-order chi connectivity index (χ1) is 13.4. The number of ether oxygens (including phenoxy) is 1. The fraction of sp³-hybridized carbons (Fsp3) is 0.421. The molecule has 1 fully saturated rings. The molecule has 0 saturated carbocycles. The number of hydrogen-bond donors (Lipinski definition) is 0. The van der Waals surface area contributed by atoms with Crippen LogP contribution >= 0.6 is 0 Å². The smallest absolute Gasteiger partial charge is 0.273 e. The van der Waals surface area contributed by atoms with E-state index in [1.54, 1.807) is 36.4 Å². The maximum absolute atomic E-state index is 13.0. The predicted molar refractivity (Wildman–Crippen MR) is 104 cm³/mol.